The lowest BCUT2D eigenvalue weighted by atomic mass is 10.1. The van der Waals surface area contributed by atoms with Crippen LogP contribution in [-0.4, -0.2) is 62.8 Å². The Morgan fingerprint density at radius 1 is 1.17 bits per heavy atom. The molecule has 2 aliphatic heterocycles. The first kappa shape index (κ1) is 15.5. The predicted octanol–water partition coefficient (Wildman–Crippen LogP) is 0.613. The van der Waals surface area contributed by atoms with E-state index in [1.165, 1.54) is 4.90 Å². The second-order valence-electron chi connectivity index (χ2n) is 6.40. The van der Waals surface area contributed by atoms with Crippen molar-refractivity contribution >= 4 is 17.9 Å². The number of hydrogen-bond acceptors (Lipinski definition) is 5. The van der Waals surface area contributed by atoms with Gasteiger partial charge in [-0.2, -0.15) is 5.10 Å². The third-order valence-electron chi connectivity index (χ3n) is 4.68. The number of carbonyl (C=O) groups excluding carboxylic acids is 2. The van der Waals surface area contributed by atoms with Crippen molar-refractivity contribution in [2.75, 3.05) is 7.05 Å². The zero-order valence-corrected chi connectivity index (χ0v) is 14.3. The molecule has 124 valence electrons. The van der Waals surface area contributed by atoms with E-state index in [0.29, 0.717) is 5.96 Å². The Bertz CT molecular complexity index is 720. The van der Waals surface area contributed by atoms with Crippen LogP contribution in [0.3, 0.4) is 0 Å². The minimum atomic E-state index is -0.531. The van der Waals surface area contributed by atoms with Gasteiger partial charge in [0, 0.05) is 18.8 Å². The normalized spacial score (nSPS) is 24.2. The summed E-state index contributed by atoms with van der Waals surface area (Å²) in [4.78, 5) is 32.3. The van der Waals surface area contributed by atoms with E-state index >= 15 is 0 Å². The maximum Gasteiger partial charge on any atom is 0.325 e. The number of urea groups is 1. The van der Waals surface area contributed by atoms with Crippen molar-refractivity contribution in [3.63, 3.8) is 0 Å². The molecule has 0 aromatic carbocycles. The second-order valence-corrected chi connectivity index (χ2v) is 6.40. The van der Waals surface area contributed by atoms with Gasteiger partial charge in [-0.05, 0) is 40.2 Å². The molecule has 0 bridgehead atoms. The number of fused-ring (bicyclic) bond motifs is 1. The van der Waals surface area contributed by atoms with Crippen LogP contribution < -0.4 is 5.32 Å². The van der Waals surface area contributed by atoms with Crippen LogP contribution in [0.2, 0.25) is 0 Å². The van der Waals surface area contributed by atoms with Crippen LogP contribution in [0.1, 0.15) is 30.8 Å². The number of rotatable bonds is 1. The summed E-state index contributed by atoms with van der Waals surface area (Å²) in [7, 11) is 1.65. The van der Waals surface area contributed by atoms with E-state index in [0.717, 1.165) is 17.0 Å². The highest BCUT2D eigenvalue weighted by molar-refractivity contribution is 6.04. The van der Waals surface area contributed by atoms with Gasteiger partial charge in [-0.3, -0.25) is 10.1 Å². The average Bonchev–Trinajstić information content (AvgIpc) is 2.99. The zero-order valence-electron chi connectivity index (χ0n) is 14.3. The molecule has 0 radical (unpaired) electrons. The van der Waals surface area contributed by atoms with Gasteiger partial charge in [0.1, 0.15) is 0 Å². The number of nitrogens with zero attached hydrogens (tertiary/aromatic N) is 5. The summed E-state index contributed by atoms with van der Waals surface area (Å²) >= 11 is 0. The summed E-state index contributed by atoms with van der Waals surface area (Å²) in [5, 5.41) is 6.95. The summed E-state index contributed by atoms with van der Waals surface area (Å²) < 4.78 is 1.77. The van der Waals surface area contributed by atoms with Gasteiger partial charge in [-0.25, -0.2) is 14.5 Å². The fraction of sp³-hybridized carbons (Fsp3) is 0.600. The molecule has 2 aliphatic rings. The highest BCUT2D eigenvalue weighted by Crippen LogP contribution is 2.27. The number of hydrogen-bond donors (Lipinski definition) is 1. The second kappa shape index (κ2) is 5.07. The quantitative estimate of drug-likeness (QED) is 0.822. The molecule has 3 heterocycles. The number of imide groups is 1. The van der Waals surface area contributed by atoms with Gasteiger partial charge in [0.25, 0.3) is 5.91 Å². The third kappa shape index (κ3) is 2.12. The molecule has 2 unspecified atom stereocenters. The Morgan fingerprint density at radius 3 is 2.35 bits per heavy atom. The number of likely N-dealkylation sites (N-methyl/N-ethyl adjacent to an activating group) is 1. The number of aliphatic imine (C=N–C) groups is 1. The van der Waals surface area contributed by atoms with E-state index in [9.17, 15) is 9.59 Å². The lowest BCUT2D eigenvalue weighted by Gasteiger charge is -2.37. The third-order valence-corrected chi connectivity index (χ3v) is 4.68. The zero-order chi connectivity index (χ0) is 17.0. The first-order chi connectivity index (χ1) is 10.7. The average molecular weight is 318 g/mol. The van der Waals surface area contributed by atoms with Crippen molar-refractivity contribution in [1.29, 1.82) is 0 Å². The van der Waals surface area contributed by atoms with E-state index in [-0.39, 0.29) is 11.9 Å². The molecule has 2 atom stereocenters. The van der Waals surface area contributed by atoms with Gasteiger partial charge in [0.2, 0.25) is 5.96 Å². The van der Waals surface area contributed by atoms with Gasteiger partial charge in [-0.15, -0.1) is 0 Å². The molecule has 3 rings (SSSR count). The monoisotopic (exact) mass is 318 g/mol. The van der Waals surface area contributed by atoms with E-state index in [2.05, 4.69) is 15.4 Å². The Morgan fingerprint density at radius 2 is 1.83 bits per heavy atom. The molecule has 1 saturated heterocycles. The standard InChI is InChI=1S/C15H22N6O2/c1-7(2)20-11-12(19(6)15(23)17-13(11)22)16-14(20)21-10(5)8(3)9(4)18-21/h7,11-12H,1-6H3,(H,17,22,23). The molecule has 1 N–H and O–H groups in total. The van der Waals surface area contributed by atoms with Crippen molar-refractivity contribution in [1.82, 2.24) is 24.9 Å². The lowest BCUT2D eigenvalue weighted by molar-refractivity contribution is -0.127. The highest BCUT2D eigenvalue weighted by atomic mass is 16.2. The number of carbonyl (C=O) groups is 2. The van der Waals surface area contributed by atoms with Crippen LogP contribution in [0.15, 0.2) is 4.99 Å². The number of amides is 3. The number of aromatic nitrogens is 2. The summed E-state index contributed by atoms with van der Waals surface area (Å²) in [5.74, 6) is 0.296. The van der Waals surface area contributed by atoms with Gasteiger partial charge >= 0.3 is 6.03 Å². The Balaban J connectivity index is 2.13. The van der Waals surface area contributed by atoms with Crippen molar-refractivity contribution in [2.45, 2.75) is 52.9 Å². The summed E-state index contributed by atoms with van der Waals surface area (Å²) in [5.41, 5.74) is 3.01. The molecule has 0 aliphatic carbocycles. The molecule has 23 heavy (non-hydrogen) atoms. The molecular weight excluding hydrogens is 296 g/mol. The van der Waals surface area contributed by atoms with Crippen LogP contribution >= 0.6 is 0 Å². The molecule has 0 spiro atoms. The predicted molar refractivity (Wildman–Crippen MR) is 85.1 cm³/mol. The first-order valence-corrected chi connectivity index (χ1v) is 7.71. The fourth-order valence-corrected chi connectivity index (χ4v) is 3.10. The van der Waals surface area contributed by atoms with E-state index in [1.807, 2.05) is 39.5 Å². The van der Waals surface area contributed by atoms with Crippen molar-refractivity contribution in [3.05, 3.63) is 17.0 Å². The van der Waals surface area contributed by atoms with Crippen molar-refractivity contribution < 1.29 is 9.59 Å². The van der Waals surface area contributed by atoms with Gasteiger partial charge in [-0.1, -0.05) is 0 Å². The van der Waals surface area contributed by atoms with Crippen LogP contribution in [0.25, 0.3) is 0 Å². The molecule has 0 saturated carbocycles. The van der Waals surface area contributed by atoms with Crippen LogP contribution in [0.5, 0.6) is 0 Å². The Kier molecular flexibility index (Phi) is 3.42. The minimum Gasteiger partial charge on any atom is -0.323 e. The molecular formula is C15H22N6O2. The lowest BCUT2D eigenvalue weighted by Crippen LogP contribution is -2.64. The van der Waals surface area contributed by atoms with E-state index < -0.39 is 18.2 Å². The largest absolute Gasteiger partial charge is 0.325 e. The number of aryl methyl sites for hydroxylation is 1. The molecule has 1 aromatic heterocycles. The fourth-order valence-electron chi connectivity index (χ4n) is 3.10. The first-order valence-electron chi connectivity index (χ1n) is 7.71. The Labute approximate surface area is 135 Å². The minimum absolute atomic E-state index is 0.0420. The van der Waals surface area contributed by atoms with Gasteiger partial charge < -0.3 is 9.80 Å². The summed E-state index contributed by atoms with van der Waals surface area (Å²) in [6.45, 7) is 9.94. The van der Waals surface area contributed by atoms with Gasteiger partial charge in [0.05, 0.1) is 5.69 Å². The smallest absolute Gasteiger partial charge is 0.323 e. The van der Waals surface area contributed by atoms with Crippen LogP contribution in [0, 0.1) is 20.8 Å². The van der Waals surface area contributed by atoms with Crippen LogP contribution in [0.4, 0.5) is 4.79 Å². The van der Waals surface area contributed by atoms with Gasteiger partial charge in [0.15, 0.2) is 12.2 Å². The number of nitrogens with one attached hydrogen (secondary N) is 1. The summed E-state index contributed by atoms with van der Waals surface area (Å²) in [6, 6.07) is -0.910. The topological polar surface area (TPSA) is 82.8 Å². The van der Waals surface area contributed by atoms with Crippen molar-refractivity contribution in [2.24, 2.45) is 4.99 Å². The summed E-state index contributed by atoms with van der Waals surface area (Å²) in [6.07, 6.45) is -0.530. The highest BCUT2D eigenvalue weighted by Gasteiger charge is 2.50. The Hall–Kier alpha value is -2.38. The molecule has 8 nitrogen and oxygen atoms in total. The maximum atomic E-state index is 12.4. The molecule has 1 fully saturated rings. The molecule has 8 heteroatoms. The SMILES string of the molecule is Cc1nn(C2=NC3C(C(=O)NC(=O)N3C)N2C(C)C)c(C)c1C. The molecule has 1 aromatic rings. The molecule has 3 amide bonds. The van der Waals surface area contributed by atoms with Crippen LogP contribution in [-0.2, 0) is 4.79 Å². The van der Waals surface area contributed by atoms with E-state index in [1.54, 1.807) is 11.7 Å². The van der Waals surface area contributed by atoms with Crippen molar-refractivity contribution in [3.8, 4) is 0 Å². The maximum absolute atomic E-state index is 12.4. The van der Waals surface area contributed by atoms with E-state index in [4.69, 9.17) is 0 Å².